The Morgan fingerprint density at radius 3 is 2.73 bits per heavy atom. The highest BCUT2D eigenvalue weighted by atomic mass is 19.4. The Labute approximate surface area is 144 Å². The fourth-order valence-corrected chi connectivity index (χ4v) is 3.24. The van der Waals surface area contributed by atoms with Crippen LogP contribution in [-0.2, 0) is 26.3 Å². The summed E-state index contributed by atoms with van der Waals surface area (Å²) < 4.78 is 41.7. The van der Waals surface area contributed by atoms with Gasteiger partial charge in [0.2, 0.25) is 0 Å². The van der Waals surface area contributed by atoms with E-state index in [-0.39, 0.29) is 23.8 Å². The summed E-state index contributed by atoms with van der Waals surface area (Å²) in [5.41, 5.74) is -0.259. The van der Waals surface area contributed by atoms with Crippen molar-refractivity contribution in [2.75, 3.05) is 6.54 Å². The number of halogens is 3. The van der Waals surface area contributed by atoms with Crippen LogP contribution in [0.1, 0.15) is 21.9 Å². The van der Waals surface area contributed by atoms with Gasteiger partial charge < -0.3 is 9.47 Å². The van der Waals surface area contributed by atoms with Crippen LogP contribution in [0.15, 0.2) is 29.1 Å². The van der Waals surface area contributed by atoms with E-state index in [1.165, 1.54) is 21.6 Å². The molecule has 0 unspecified atom stereocenters. The minimum absolute atomic E-state index is 0.160. The topological polar surface area (TPSA) is 75.9 Å². The number of hydrogen-bond acceptors (Lipinski definition) is 3. The predicted molar refractivity (Wildman–Crippen MR) is 85.5 cm³/mol. The van der Waals surface area contributed by atoms with Gasteiger partial charge in [-0.25, -0.2) is 9.89 Å². The summed E-state index contributed by atoms with van der Waals surface area (Å²) in [6.45, 7) is 0.798. The van der Waals surface area contributed by atoms with E-state index in [0.29, 0.717) is 29.8 Å². The molecule has 0 radical (unpaired) electrons. The van der Waals surface area contributed by atoms with Crippen LogP contribution in [-0.4, -0.2) is 36.7 Å². The van der Waals surface area contributed by atoms with Gasteiger partial charge in [0.15, 0.2) is 5.82 Å². The smallest absolute Gasteiger partial charge is 0.340 e. The van der Waals surface area contributed by atoms with Crippen molar-refractivity contribution in [1.82, 2.24) is 24.2 Å². The summed E-state index contributed by atoms with van der Waals surface area (Å²) >= 11 is 0. The number of benzene rings is 1. The Morgan fingerprint density at radius 1 is 1.23 bits per heavy atom. The van der Waals surface area contributed by atoms with E-state index in [1.807, 2.05) is 0 Å². The SMILES string of the molecule is Cn1c(C(=O)N2CCn3c(n[nH]c3=O)C2)cc2cc(C(F)(F)F)ccc21. The molecule has 0 bridgehead atoms. The number of alkyl halides is 3. The molecule has 0 atom stereocenters. The Morgan fingerprint density at radius 2 is 2.00 bits per heavy atom. The maximum absolute atomic E-state index is 12.9. The highest BCUT2D eigenvalue weighted by Crippen LogP contribution is 2.32. The highest BCUT2D eigenvalue weighted by Gasteiger charge is 2.31. The molecule has 0 fully saturated rings. The maximum Gasteiger partial charge on any atom is 0.416 e. The average Bonchev–Trinajstić information content (AvgIpc) is 3.13. The van der Waals surface area contributed by atoms with Crippen molar-refractivity contribution < 1.29 is 18.0 Å². The van der Waals surface area contributed by atoms with Gasteiger partial charge in [-0.05, 0) is 24.3 Å². The number of amides is 1. The molecule has 4 rings (SSSR count). The molecule has 1 N–H and O–H groups in total. The first-order valence-electron chi connectivity index (χ1n) is 7.86. The average molecular weight is 365 g/mol. The van der Waals surface area contributed by atoms with Gasteiger partial charge in [-0.3, -0.25) is 9.36 Å². The predicted octanol–water partition coefficient (Wildman–Crippen LogP) is 1.74. The number of H-pyrrole nitrogens is 1. The third-order valence-corrected chi connectivity index (χ3v) is 4.64. The van der Waals surface area contributed by atoms with Crippen molar-refractivity contribution >= 4 is 16.8 Å². The van der Waals surface area contributed by atoms with Crippen LogP contribution in [0.3, 0.4) is 0 Å². The lowest BCUT2D eigenvalue weighted by Crippen LogP contribution is -2.41. The fourth-order valence-electron chi connectivity index (χ4n) is 3.24. The summed E-state index contributed by atoms with van der Waals surface area (Å²) in [6, 6.07) is 4.85. The zero-order valence-electron chi connectivity index (χ0n) is 13.7. The van der Waals surface area contributed by atoms with Gasteiger partial charge in [0.1, 0.15) is 5.69 Å². The molecule has 0 saturated heterocycles. The quantitative estimate of drug-likeness (QED) is 0.714. The molecule has 0 spiro atoms. The molecule has 1 amide bonds. The van der Waals surface area contributed by atoms with Gasteiger partial charge in [-0.2, -0.15) is 18.3 Å². The summed E-state index contributed by atoms with van der Waals surface area (Å²) in [7, 11) is 1.64. The molecule has 1 aliphatic rings. The van der Waals surface area contributed by atoms with Crippen molar-refractivity contribution in [1.29, 1.82) is 0 Å². The Bertz CT molecular complexity index is 1080. The summed E-state index contributed by atoms with van der Waals surface area (Å²) in [4.78, 5) is 25.9. The second-order valence-electron chi connectivity index (χ2n) is 6.18. The number of rotatable bonds is 1. The van der Waals surface area contributed by atoms with E-state index in [4.69, 9.17) is 0 Å². The van der Waals surface area contributed by atoms with Crippen molar-refractivity contribution in [3.63, 3.8) is 0 Å². The molecule has 3 aromatic rings. The van der Waals surface area contributed by atoms with Crippen LogP contribution >= 0.6 is 0 Å². The van der Waals surface area contributed by atoms with Crippen LogP contribution in [0, 0.1) is 0 Å². The lowest BCUT2D eigenvalue weighted by atomic mass is 10.1. The molecular weight excluding hydrogens is 351 g/mol. The van der Waals surface area contributed by atoms with Gasteiger partial charge in [0.25, 0.3) is 5.91 Å². The minimum Gasteiger partial charge on any atom is -0.340 e. The zero-order valence-corrected chi connectivity index (χ0v) is 13.7. The largest absolute Gasteiger partial charge is 0.416 e. The first-order chi connectivity index (χ1) is 12.3. The Hall–Kier alpha value is -3.04. The first-order valence-corrected chi connectivity index (χ1v) is 7.86. The maximum atomic E-state index is 12.9. The first kappa shape index (κ1) is 16.4. The molecule has 136 valence electrons. The van der Waals surface area contributed by atoms with Gasteiger partial charge >= 0.3 is 11.9 Å². The lowest BCUT2D eigenvalue weighted by molar-refractivity contribution is -0.137. The third kappa shape index (κ3) is 2.49. The number of aryl methyl sites for hydroxylation is 1. The van der Waals surface area contributed by atoms with E-state index in [9.17, 15) is 22.8 Å². The van der Waals surface area contributed by atoms with E-state index in [0.717, 1.165) is 12.1 Å². The van der Waals surface area contributed by atoms with Crippen LogP contribution < -0.4 is 5.69 Å². The standard InChI is InChI=1S/C16H14F3N5O2/c1-22-11-3-2-10(16(17,18)19)6-9(11)7-12(22)14(25)23-4-5-24-13(8-23)20-21-15(24)26/h2-3,6-7H,4-5,8H2,1H3,(H,21,26). The number of aromatic nitrogens is 4. The van der Waals surface area contributed by atoms with Gasteiger partial charge in [-0.1, -0.05) is 0 Å². The van der Waals surface area contributed by atoms with Gasteiger partial charge in [0, 0.05) is 31.0 Å². The van der Waals surface area contributed by atoms with E-state index >= 15 is 0 Å². The van der Waals surface area contributed by atoms with E-state index in [2.05, 4.69) is 10.2 Å². The number of hydrogen-bond donors (Lipinski definition) is 1. The van der Waals surface area contributed by atoms with Gasteiger partial charge in [0.05, 0.1) is 12.1 Å². The molecular formula is C16H14F3N5O2. The molecule has 0 saturated carbocycles. The fraction of sp³-hybridized carbons (Fsp3) is 0.312. The van der Waals surface area contributed by atoms with Crippen molar-refractivity contribution in [2.24, 2.45) is 7.05 Å². The number of fused-ring (bicyclic) bond motifs is 2. The molecule has 0 aliphatic carbocycles. The second kappa shape index (κ2) is 5.48. The van der Waals surface area contributed by atoms with Crippen LogP contribution in [0.2, 0.25) is 0 Å². The minimum atomic E-state index is -4.44. The molecule has 3 heterocycles. The molecule has 10 heteroatoms. The lowest BCUT2D eigenvalue weighted by Gasteiger charge is -2.26. The van der Waals surface area contributed by atoms with E-state index < -0.39 is 11.7 Å². The summed E-state index contributed by atoms with van der Waals surface area (Å²) in [6.07, 6.45) is -4.44. The van der Waals surface area contributed by atoms with Crippen molar-refractivity contribution in [2.45, 2.75) is 19.3 Å². The third-order valence-electron chi connectivity index (χ3n) is 4.64. The molecule has 7 nitrogen and oxygen atoms in total. The molecule has 1 aromatic carbocycles. The monoisotopic (exact) mass is 365 g/mol. The van der Waals surface area contributed by atoms with Gasteiger partial charge in [-0.15, -0.1) is 0 Å². The van der Waals surface area contributed by atoms with Crippen LogP contribution in [0.5, 0.6) is 0 Å². The summed E-state index contributed by atoms with van der Waals surface area (Å²) in [5, 5.41) is 6.57. The van der Waals surface area contributed by atoms with Crippen molar-refractivity contribution in [3.8, 4) is 0 Å². The number of aromatic amines is 1. The zero-order chi connectivity index (χ0) is 18.6. The molecule has 2 aromatic heterocycles. The number of carbonyl (C=O) groups is 1. The highest BCUT2D eigenvalue weighted by molar-refractivity contribution is 5.98. The van der Waals surface area contributed by atoms with E-state index in [1.54, 1.807) is 11.6 Å². The van der Waals surface area contributed by atoms with Crippen LogP contribution in [0.25, 0.3) is 10.9 Å². The number of nitrogens with zero attached hydrogens (tertiary/aromatic N) is 4. The summed E-state index contributed by atoms with van der Waals surface area (Å²) in [5.74, 6) is 0.131. The second-order valence-corrected chi connectivity index (χ2v) is 6.18. The Kier molecular flexibility index (Phi) is 3.46. The number of nitrogens with one attached hydrogen (secondary N) is 1. The number of carbonyl (C=O) groups excluding carboxylic acids is 1. The van der Waals surface area contributed by atoms with Crippen molar-refractivity contribution in [3.05, 3.63) is 51.8 Å². The molecule has 26 heavy (non-hydrogen) atoms. The molecule has 1 aliphatic heterocycles. The Balaban J connectivity index is 1.69. The van der Waals surface area contributed by atoms with Crippen LogP contribution in [0.4, 0.5) is 13.2 Å². The normalized spacial score (nSPS) is 14.7.